The number of aliphatic carboxylic acids is 1. The van der Waals surface area contributed by atoms with E-state index in [1.807, 2.05) is 25.4 Å². The molecule has 20 heteroatoms. The summed E-state index contributed by atoms with van der Waals surface area (Å²) in [6.45, 7) is 3.31. The van der Waals surface area contributed by atoms with Crippen LogP contribution in [0.25, 0.3) is 11.0 Å². The summed E-state index contributed by atoms with van der Waals surface area (Å²) >= 11 is 0. The third-order valence-electron chi connectivity index (χ3n) is 9.09. The number of aliphatic hydroxyl groups excluding tert-OH is 10. The van der Waals surface area contributed by atoms with Gasteiger partial charge in [-0.3, -0.25) is 9.69 Å². The lowest BCUT2D eigenvalue weighted by atomic mass is 9.89. The molecule has 0 unspecified atom stereocenters. The molecule has 1 heterocycles. The van der Waals surface area contributed by atoms with E-state index in [0.717, 1.165) is 24.1 Å². The number of hydrogen-bond donors (Lipinski definition) is 11. The van der Waals surface area contributed by atoms with Crippen molar-refractivity contribution in [3.05, 3.63) is 30.1 Å². The number of halogens is 3. The molecule has 11 N–H and O–H groups in total. The number of aromatic nitrogens is 2. The van der Waals surface area contributed by atoms with Gasteiger partial charge >= 0.3 is 6.18 Å². The molecular formula is C32H51F3N4O13. The quantitative estimate of drug-likeness (QED) is 0.0679. The number of rotatable bonds is 17. The summed E-state index contributed by atoms with van der Waals surface area (Å²) < 4.78 is 35.7. The minimum Gasteiger partial charge on any atom is -0.542 e. The molecular weight excluding hydrogens is 705 g/mol. The number of nitrogens with one attached hydrogen (secondary N) is 1. The van der Waals surface area contributed by atoms with Crippen LogP contribution in [0.3, 0.4) is 0 Å². The molecule has 1 aliphatic rings. The minimum atomic E-state index is -5.19. The van der Waals surface area contributed by atoms with Crippen molar-refractivity contribution in [3.8, 4) is 0 Å². The predicted molar refractivity (Wildman–Crippen MR) is 172 cm³/mol. The summed E-state index contributed by atoms with van der Waals surface area (Å²) in [7, 11) is 0. The maximum Gasteiger partial charge on any atom is 0.430 e. The number of alkyl halides is 3. The van der Waals surface area contributed by atoms with Gasteiger partial charge in [-0.05, 0) is 51.7 Å². The van der Waals surface area contributed by atoms with Crippen molar-refractivity contribution < 1.29 is 83.5 Å². The number of carboxylic acids is 1. The van der Waals surface area contributed by atoms with Gasteiger partial charge in [0.1, 0.15) is 42.6 Å². The molecule has 2 aromatic rings. The van der Waals surface area contributed by atoms with E-state index in [1.54, 1.807) is 11.0 Å². The molecule has 1 saturated carbocycles. The number of nitrogens with zero attached hydrogens (tertiary/aromatic N) is 3. The first-order chi connectivity index (χ1) is 24.3. The van der Waals surface area contributed by atoms with Gasteiger partial charge in [-0.1, -0.05) is 0 Å². The lowest BCUT2D eigenvalue weighted by molar-refractivity contribution is -0.668. The fourth-order valence-corrected chi connectivity index (χ4v) is 5.98. The standard InChI is InChI=1S/C30H50N4O11.C2HF3O2/c1-3-32-16-33(4-2)21-11-17(5-10-20(21)32)30(45)31-18-6-8-19(9-7-18)34(12-22(37)26(41)28(43)24(39)14-35)13-23(38)27(42)29(44)25(40)15-36;3-2(4,5)1(6)7/h5,10-11,16,18-19,22-29,35-44H,3-4,6-9,12-15H2,1-2H3;(H,6,7)/t18?,19?,22-,23-,24+,25+,26+,27+,28+,29+;/m0./s1. The van der Waals surface area contributed by atoms with E-state index in [4.69, 9.17) is 20.1 Å². The summed E-state index contributed by atoms with van der Waals surface area (Å²) in [5, 5.41) is 112. The average molecular weight is 757 g/mol. The maximum atomic E-state index is 13.2. The summed E-state index contributed by atoms with van der Waals surface area (Å²) in [5.41, 5.74) is 2.53. The van der Waals surface area contributed by atoms with Crippen LogP contribution < -0.4 is 15.0 Å². The van der Waals surface area contributed by atoms with Crippen LogP contribution in [0.4, 0.5) is 13.2 Å². The minimum absolute atomic E-state index is 0.168. The van der Waals surface area contributed by atoms with Crippen molar-refractivity contribution in [2.24, 2.45) is 0 Å². The van der Waals surface area contributed by atoms with E-state index in [0.29, 0.717) is 31.2 Å². The Morgan fingerprint density at radius 3 is 1.73 bits per heavy atom. The van der Waals surface area contributed by atoms with Gasteiger partial charge in [-0.2, -0.15) is 13.2 Å². The Morgan fingerprint density at radius 1 is 0.865 bits per heavy atom. The fraction of sp³-hybridized carbons (Fsp3) is 0.719. The second-order valence-corrected chi connectivity index (χ2v) is 12.7. The highest BCUT2D eigenvalue weighted by Gasteiger charge is 2.37. The zero-order valence-corrected chi connectivity index (χ0v) is 28.8. The number of carbonyl (C=O) groups excluding carboxylic acids is 2. The van der Waals surface area contributed by atoms with E-state index in [9.17, 15) is 58.8 Å². The van der Waals surface area contributed by atoms with Gasteiger partial charge in [-0.15, -0.1) is 0 Å². The lowest BCUT2D eigenvalue weighted by Gasteiger charge is -2.40. The van der Waals surface area contributed by atoms with Crippen LogP contribution in [-0.4, -0.2) is 166 Å². The number of amides is 1. The van der Waals surface area contributed by atoms with E-state index in [2.05, 4.69) is 21.4 Å². The first-order valence-corrected chi connectivity index (χ1v) is 16.8. The maximum absolute atomic E-state index is 13.2. The topological polar surface area (TPSA) is 284 Å². The highest BCUT2D eigenvalue weighted by atomic mass is 19.4. The molecule has 0 spiro atoms. The Hall–Kier alpha value is -3.02. The van der Waals surface area contributed by atoms with Gasteiger partial charge < -0.3 is 66.3 Å². The van der Waals surface area contributed by atoms with Gasteiger partial charge in [-0.25, -0.2) is 9.13 Å². The number of aliphatic hydroxyl groups is 10. The van der Waals surface area contributed by atoms with Crippen LogP contribution in [0.5, 0.6) is 0 Å². The molecule has 17 nitrogen and oxygen atoms in total. The molecule has 1 aromatic carbocycles. The van der Waals surface area contributed by atoms with Crippen LogP contribution in [-0.2, 0) is 17.9 Å². The summed E-state index contributed by atoms with van der Waals surface area (Å²) in [6, 6.07) is 5.11. The number of benzene rings is 1. The molecule has 0 radical (unpaired) electrons. The van der Waals surface area contributed by atoms with Gasteiger partial charge in [0.05, 0.1) is 38.5 Å². The number of carbonyl (C=O) groups is 2. The first kappa shape index (κ1) is 45.1. The second-order valence-electron chi connectivity index (χ2n) is 12.7. The number of imidazole rings is 1. The van der Waals surface area contributed by atoms with Crippen LogP contribution in [0.2, 0.25) is 0 Å². The summed E-state index contributed by atoms with van der Waals surface area (Å²) in [6.07, 6.45) is -15.3. The normalized spacial score (nSPS) is 21.3. The molecule has 0 bridgehead atoms. The molecule has 3 rings (SSSR count). The van der Waals surface area contributed by atoms with Crippen molar-refractivity contribution in [3.63, 3.8) is 0 Å². The summed E-state index contributed by atoms with van der Waals surface area (Å²) in [4.78, 5) is 23.5. The molecule has 1 aromatic heterocycles. The van der Waals surface area contributed by atoms with Crippen LogP contribution in [0.15, 0.2) is 24.5 Å². The monoisotopic (exact) mass is 756 g/mol. The smallest absolute Gasteiger partial charge is 0.430 e. The molecule has 0 aliphatic heterocycles. The zero-order chi connectivity index (χ0) is 39.5. The van der Waals surface area contributed by atoms with Crippen molar-refractivity contribution in [1.82, 2.24) is 14.8 Å². The number of hydrogen-bond acceptors (Lipinski definition) is 14. The highest BCUT2D eigenvalue weighted by Crippen LogP contribution is 2.26. The van der Waals surface area contributed by atoms with Gasteiger partial charge in [0.15, 0.2) is 11.0 Å². The van der Waals surface area contributed by atoms with Crippen molar-refractivity contribution in [2.75, 3.05) is 26.3 Å². The Bertz CT molecular complexity index is 1380. The average Bonchev–Trinajstić information content (AvgIpc) is 3.49. The summed E-state index contributed by atoms with van der Waals surface area (Å²) in [5.74, 6) is -3.22. The molecule has 1 aliphatic carbocycles. The molecule has 1 amide bonds. The molecule has 52 heavy (non-hydrogen) atoms. The first-order valence-electron chi connectivity index (χ1n) is 16.8. The Kier molecular flexibility index (Phi) is 17.7. The molecule has 8 atom stereocenters. The van der Waals surface area contributed by atoms with Crippen LogP contribution >= 0.6 is 0 Å². The SMILES string of the molecule is CCn1c[n+](CC)c2ccc(C(=O)NC3CCC(N(C[C@H](O)[C@@H](O)[C@H](O)[C@H](O)CO)C[C@H](O)[C@@H](O)[C@H](O)[C@H](O)CO)CC3)cc21.O=C([O-])C(F)(F)F. The highest BCUT2D eigenvalue weighted by molar-refractivity contribution is 5.97. The van der Waals surface area contributed by atoms with E-state index < -0.39 is 74.2 Å². The zero-order valence-electron chi connectivity index (χ0n) is 28.8. The number of aryl methyl sites for hydroxylation is 2. The van der Waals surface area contributed by atoms with Crippen molar-refractivity contribution in [2.45, 2.75) is 120 Å². The number of carboxylic acid groups (broad SMARTS) is 1. The van der Waals surface area contributed by atoms with Gasteiger partial charge in [0, 0.05) is 36.8 Å². The number of fused-ring (bicyclic) bond motifs is 1. The predicted octanol–water partition coefficient (Wildman–Crippen LogP) is -4.52. The second kappa shape index (κ2) is 20.4. The van der Waals surface area contributed by atoms with Gasteiger partial charge in [0.25, 0.3) is 5.91 Å². The molecule has 1 fully saturated rings. The van der Waals surface area contributed by atoms with Crippen LogP contribution in [0, 0.1) is 0 Å². The Morgan fingerprint density at radius 2 is 1.33 bits per heavy atom. The van der Waals surface area contributed by atoms with E-state index >= 15 is 0 Å². The Labute approximate surface area is 297 Å². The van der Waals surface area contributed by atoms with E-state index in [-0.39, 0.29) is 31.1 Å². The lowest BCUT2D eigenvalue weighted by Crippen LogP contribution is -2.56. The molecule has 298 valence electrons. The van der Waals surface area contributed by atoms with Crippen molar-refractivity contribution >= 4 is 22.9 Å². The largest absolute Gasteiger partial charge is 0.542 e. The third kappa shape index (κ3) is 12.3. The fourth-order valence-electron chi connectivity index (χ4n) is 5.98. The Balaban J connectivity index is 0.00000121. The van der Waals surface area contributed by atoms with E-state index in [1.165, 1.54) is 0 Å². The molecule has 0 saturated heterocycles. The third-order valence-corrected chi connectivity index (χ3v) is 9.09. The van der Waals surface area contributed by atoms with Gasteiger partial charge in [0.2, 0.25) is 6.33 Å². The van der Waals surface area contributed by atoms with Crippen molar-refractivity contribution in [1.29, 1.82) is 0 Å². The van der Waals surface area contributed by atoms with Crippen LogP contribution in [0.1, 0.15) is 49.9 Å².